The van der Waals surface area contributed by atoms with E-state index in [-0.39, 0.29) is 5.91 Å². The lowest BCUT2D eigenvalue weighted by Crippen LogP contribution is -2.35. The summed E-state index contributed by atoms with van der Waals surface area (Å²) >= 11 is 2.78. The molecule has 1 N–H and O–H groups in total. The minimum atomic E-state index is 0.0352. The second-order valence-corrected chi connectivity index (χ2v) is 9.00. The molecule has 0 bridgehead atoms. The fraction of sp³-hybridized carbons (Fsp3) is 0.400. The molecule has 8 nitrogen and oxygen atoms in total. The van der Waals surface area contributed by atoms with E-state index in [1.54, 1.807) is 11.3 Å². The van der Waals surface area contributed by atoms with Crippen LogP contribution >= 0.6 is 23.1 Å². The Kier molecular flexibility index (Phi) is 5.47. The van der Waals surface area contributed by atoms with Crippen LogP contribution in [0.4, 0.5) is 0 Å². The molecule has 1 aliphatic heterocycles. The van der Waals surface area contributed by atoms with Crippen LogP contribution in [0, 0.1) is 0 Å². The summed E-state index contributed by atoms with van der Waals surface area (Å²) in [5, 5.41) is 5.48. The van der Waals surface area contributed by atoms with Gasteiger partial charge in [-0.15, -0.1) is 11.3 Å². The number of carbonyl (C=O) groups is 1. The van der Waals surface area contributed by atoms with Gasteiger partial charge in [-0.3, -0.25) is 9.20 Å². The second-order valence-electron chi connectivity index (χ2n) is 7.60. The van der Waals surface area contributed by atoms with Gasteiger partial charge in [0.15, 0.2) is 10.7 Å². The topological polar surface area (TPSA) is 78.7 Å². The first-order valence-corrected chi connectivity index (χ1v) is 11.6. The van der Waals surface area contributed by atoms with Gasteiger partial charge in [0.1, 0.15) is 11.0 Å². The number of benzene rings is 1. The Hall–Kier alpha value is -2.40. The highest BCUT2D eigenvalue weighted by Gasteiger charge is 2.25. The predicted octanol–water partition coefficient (Wildman–Crippen LogP) is 2.47. The minimum Gasteiger partial charge on any atom is -0.336 e. The second kappa shape index (κ2) is 8.38. The van der Waals surface area contributed by atoms with E-state index in [4.69, 9.17) is 0 Å². The van der Waals surface area contributed by atoms with Crippen molar-refractivity contribution < 1.29 is 4.79 Å². The molecule has 156 valence electrons. The van der Waals surface area contributed by atoms with E-state index in [9.17, 15) is 4.79 Å². The molecule has 0 radical (unpaired) electrons. The summed E-state index contributed by atoms with van der Waals surface area (Å²) in [4.78, 5) is 23.0. The van der Waals surface area contributed by atoms with Crippen molar-refractivity contribution in [3.05, 3.63) is 46.7 Å². The maximum atomic E-state index is 13.3. The van der Waals surface area contributed by atoms with Crippen LogP contribution in [-0.4, -0.2) is 67.1 Å². The van der Waals surface area contributed by atoms with Crippen molar-refractivity contribution in [3.8, 4) is 0 Å². The molecule has 30 heavy (non-hydrogen) atoms. The number of imidazole rings is 1. The molecule has 1 aliphatic rings. The Morgan fingerprint density at radius 1 is 1.13 bits per heavy atom. The maximum absolute atomic E-state index is 13.3. The van der Waals surface area contributed by atoms with Crippen LogP contribution in [0.5, 0.6) is 0 Å². The van der Waals surface area contributed by atoms with Gasteiger partial charge in [0.25, 0.3) is 5.91 Å². The molecule has 5 rings (SSSR count). The fourth-order valence-corrected chi connectivity index (χ4v) is 5.09. The summed E-state index contributed by atoms with van der Waals surface area (Å²) in [5.74, 6) is 0.0352. The Balaban J connectivity index is 1.34. The number of hydrogen-bond acceptors (Lipinski definition) is 8. The Morgan fingerprint density at radius 2 is 2.03 bits per heavy atom. The molecule has 1 saturated heterocycles. The van der Waals surface area contributed by atoms with Gasteiger partial charge in [0.2, 0.25) is 0 Å². The van der Waals surface area contributed by atoms with Crippen molar-refractivity contribution in [2.75, 3.05) is 33.2 Å². The highest BCUT2D eigenvalue weighted by Crippen LogP contribution is 2.20. The van der Waals surface area contributed by atoms with Crippen LogP contribution in [0.15, 0.2) is 29.8 Å². The molecule has 0 saturated carbocycles. The Labute approximate surface area is 182 Å². The number of aromatic nitrogens is 4. The van der Waals surface area contributed by atoms with Crippen LogP contribution < -0.4 is 5.32 Å². The normalized spacial score (nSPS) is 15.8. The summed E-state index contributed by atoms with van der Waals surface area (Å²) in [6.45, 7) is 4.70. The minimum absolute atomic E-state index is 0.0352. The summed E-state index contributed by atoms with van der Waals surface area (Å²) < 4.78 is 10.6. The zero-order valence-corrected chi connectivity index (χ0v) is 18.4. The van der Waals surface area contributed by atoms with Crippen LogP contribution in [0.3, 0.4) is 0 Å². The number of amides is 1. The summed E-state index contributed by atoms with van der Waals surface area (Å²) in [7, 11) is 2.11. The lowest BCUT2D eigenvalue weighted by Gasteiger charge is -2.20. The number of nitrogens with one attached hydrogen (secondary N) is 1. The SMILES string of the molecule is CN1CCCN(C(=O)c2nc3sccn3c2CNCc2ccc3nsnc3c2)CC1. The quantitative estimate of drug-likeness (QED) is 0.513. The van der Waals surface area contributed by atoms with E-state index in [1.807, 2.05) is 26.9 Å². The molecule has 1 amide bonds. The number of thiazole rings is 1. The van der Waals surface area contributed by atoms with E-state index in [0.29, 0.717) is 18.8 Å². The molecule has 4 heterocycles. The highest BCUT2D eigenvalue weighted by molar-refractivity contribution is 7.15. The molecule has 4 aromatic rings. The molecule has 10 heteroatoms. The van der Waals surface area contributed by atoms with Gasteiger partial charge in [0, 0.05) is 44.3 Å². The third kappa shape index (κ3) is 3.83. The van der Waals surface area contributed by atoms with E-state index >= 15 is 0 Å². The Bertz CT molecular complexity index is 1180. The molecule has 0 spiro atoms. The van der Waals surface area contributed by atoms with Gasteiger partial charge in [-0.2, -0.15) is 8.75 Å². The highest BCUT2D eigenvalue weighted by atomic mass is 32.1. The van der Waals surface area contributed by atoms with E-state index in [2.05, 4.69) is 43.1 Å². The van der Waals surface area contributed by atoms with E-state index < -0.39 is 0 Å². The van der Waals surface area contributed by atoms with Gasteiger partial charge in [-0.1, -0.05) is 6.07 Å². The molecule has 1 fully saturated rings. The lowest BCUT2D eigenvalue weighted by atomic mass is 10.2. The van der Waals surface area contributed by atoms with E-state index in [1.165, 1.54) is 11.7 Å². The molecule has 1 aromatic carbocycles. The number of likely N-dealkylation sites (N-methyl/N-ethyl adjacent to an activating group) is 1. The molecule has 3 aromatic heterocycles. The molecule has 0 atom stereocenters. The van der Waals surface area contributed by atoms with E-state index in [0.717, 1.165) is 59.9 Å². The van der Waals surface area contributed by atoms with Gasteiger partial charge < -0.3 is 15.1 Å². The predicted molar refractivity (Wildman–Crippen MR) is 119 cm³/mol. The fourth-order valence-electron chi connectivity index (χ4n) is 3.84. The molecule has 0 aliphatic carbocycles. The van der Waals surface area contributed by atoms with Crippen LogP contribution in [0.2, 0.25) is 0 Å². The third-order valence-electron chi connectivity index (χ3n) is 5.51. The summed E-state index contributed by atoms with van der Waals surface area (Å²) in [6, 6.07) is 6.12. The lowest BCUT2D eigenvalue weighted by molar-refractivity contribution is 0.0756. The van der Waals surface area contributed by atoms with Crippen LogP contribution in [0.25, 0.3) is 16.0 Å². The number of rotatable bonds is 5. The van der Waals surface area contributed by atoms with Crippen molar-refractivity contribution in [1.29, 1.82) is 0 Å². The van der Waals surface area contributed by atoms with Crippen molar-refractivity contribution in [1.82, 2.24) is 33.2 Å². The van der Waals surface area contributed by atoms with Gasteiger partial charge in [-0.25, -0.2) is 4.98 Å². The first kappa shape index (κ1) is 19.6. The van der Waals surface area contributed by atoms with Crippen molar-refractivity contribution >= 4 is 45.0 Å². The monoisotopic (exact) mass is 441 g/mol. The van der Waals surface area contributed by atoms with Gasteiger partial charge >= 0.3 is 0 Å². The summed E-state index contributed by atoms with van der Waals surface area (Å²) in [6.07, 6.45) is 2.98. The first-order valence-electron chi connectivity index (χ1n) is 10.0. The smallest absolute Gasteiger partial charge is 0.274 e. The average molecular weight is 442 g/mol. The number of carbonyl (C=O) groups excluding carboxylic acids is 1. The largest absolute Gasteiger partial charge is 0.336 e. The third-order valence-corrected chi connectivity index (χ3v) is 6.82. The molecule has 0 unspecified atom stereocenters. The maximum Gasteiger partial charge on any atom is 0.274 e. The van der Waals surface area contributed by atoms with Crippen LogP contribution in [0.1, 0.15) is 28.2 Å². The molecular weight excluding hydrogens is 418 g/mol. The van der Waals surface area contributed by atoms with Crippen molar-refractivity contribution in [2.24, 2.45) is 0 Å². The number of nitrogens with zero attached hydrogens (tertiary/aromatic N) is 6. The Morgan fingerprint density at radius 3 is 2.97 bits per heavy atom. The van der Waals surface area contributed by atoms with Crippen molar-refractivity contribution in [2.45, 2.75) is 19.5 Å². The zero-order valence-electron chi connectivity index (χ0n) is 16.7. The van der Waals surface area contributed by atoms with Crippen LogP contribution in [-0.2, 0) is 13.1 Å². The van der Waals surface area contributed by atoms with Gasteiger partial charge in [0.05, 0.1) is 17.4 Å². The average Bonchev–Trinajstić information content (AvgIpc) is 3.43. The zero-order chi connectivity index (χ0) is 20.5. The number of fused-ring (bicyclic) bond motifs is 2. The van der Waals surface area contributed by atoms with Gasteiger partial charge in [-0.05, 0) is 37.7 Å². The first-order chi connectivity index (χ1) is 14.7. The summed E-state index contributed by atoms with van der Waals surface area (Å²) in [5.41, 5.74) is 4.48. The molecular formula is C20H23N7OS2. The van der Waals surface area contributed by atoms with Crippen molar-refractivity contribution in [3.63, 3.8) is 0 Å². The number of hydrogen-bond donors (Lipinski definition) is 1. The standard InChI is InChI=1S/C20H23N7OS2/c1-25-5-2-6-26(8-7-25)19(28)18-17(27-9-10-29-20(27)22-18)13-21-12-14-3-4-15-16(11-14)24-30-23-15/h3-4,9-11,21H,2,5-8,12-13H2,1H3.